The SMILES string of the molecule is CC(C)(C)[C@@H](CN1CCc2ccccc2C1=O)NC(=O)NCC=O. The number of hydrogen-bond acceptors (Lipinski definition) is 3. The molecule has 0 bridgehead atoms. The predicted octanol–water partition coefficient (Wildman–Crippen LogP) is 1.60. The van der Waals surface area contributed by atoms with Gasteiger partial charge in [0.05, 0.1) is 12.6 Å². The van der Waals surface area contributed by atoms with E-state index in [4.69, 9.17) is 0 Å². The van der Waals surface area contributed by atoms with Crippen LogP contribution in [0.3, 0.4) is 0 Å². The van der Waals surface area contributed by atoms with E-state index in [-0.39, 0.29) is 23.9 Å². The van der Waals surface area contributed by atoms with Gasteiger partial charge in [-0.05, 0) is 23.5 Å². The van der Waals surface area contributed by atoms with Crippen LogP contribution in [0, 0.1) is 5.41 Å². The molecule has 0 radical (unpaired) electrons. The Kier molecular flexibility index (Phi) is 5.59. The van der Waals surface area contributed by atoms with Crippen LogP contribution in [0.2, 0.25) is 0 Å². The average molecular weight is 331 g/mol. The number of aldehydes is 1. The fourth-order valence-corrected chi connectivity index (χ4v) is 2.75. The summed E-state index contributed by atoms with van der Waals surface area (Å²) in [6.07, 6.45) is 1.45. The number of benzene rings is 1. The highest BCUT2D eigenvalue weighted by Crippen LogP contribution is 2.24. The summed E-state index contributed by atoms with van der Waals surface area (Å²) >= 11 is 0. The Hall–Kier alpha value is -2.37. The highest BCUT2D eigenvalue weighted by atomic mass is 16.2. The van der Waals surface area contributed by atoms with E-state index in [2.05, 4.69) is 10.6 Å². The number of nitrogens with one attached hydrogen (secondary N) is 2. The zero-order chi connectivity index (χ0) is 17.7. The van der Waals surface area contributed by atoms with Crippen molar-refractivity contribution in [2.45, 2.75) is 33.2 Å². The Labute approximate surface area is 142 Å². The lowest BCUT2D eigenvalue weighted by Crippen LogP contribution is -2.55. The maximum atomic E-state index is 12.7. The van der Waals surface area contributed by atoms with Crippen LogP contribution >= 0.6 is 0 Å². The summed E-state index contributed by atoms with van der Waals surface area (Å²) < 4.78 is 0. The molecule has 130 valence electrons. The number of urea groups is 1. The lowest BCUT2D eigenvalue weighted by atomic mass is 9.85. The minimum absolute atomic E-state index is 0.00111. The lowest BCUT2D eigenvalue weighted by Gasteiger charge is -2.37. The highest BCUT2D eigenvalue weighted by molar-refractivity contribution is 5.96. The molecule has 3 amide bonds. The largest absolute Gasteiger partial charge is 0.336 e. The second-order valence-electron chi connectivity index (χ2n) is 7.10. The number of nitrogens with zero attached hydrogens (tertiary/aromatic N) is 1. The molecule has 1 heterocycles. The Balaban J connectivity index is 2.09. The molecule has 1 aliphatic rings. The summed E-state index contributed by atoms with van der Waals surface area (Å²) in [6.45, 7) is 7.09. The maximum Gasteiger partial charge on any atom is 0.315 e. The van der Waals surface area contributed by atoms with E-state index in [0.717, 1.165) is 17.5 Å². The Morgan fingerprint density at radius 1 is 1.33 bits per heavy atom. The van der Waals surface area contributed by atoms with Gasteiger partial charge in [-0.15, -0.1) is 0 Å². The van der Waals surface area contributed by atoms with E-state index in [1.54, 1.807) is 4.90 Å². The quantitative estimate of drug-likeness (QED) is 0.805. The van der Waals surface area contributed by atoms with Gasteiger partial charge >= 0.3 is 6.03 Å². The van der Waals surface area contributed by atoms with Gasteiger partial charge in [-0.3, -0.25) is 4.79 Å². The standard InChI is InChI=1S/C18H25N3O3/c1-18(2,3)15(20-17(24)19-9-11-22)12-21-10-8-13-6-4-5-7-14(13)16(21)23/h4-7,11,15H,8-10,12H2,1-3H3,(H2,19,20,24)/t15-/m1/s1. The molecule has 1 aromatic rings. The van der Waals surface area contributed by atoms with Gasteiger partial charge in [-0.2, -0.15) is 0 Å². The van der Waals surface area contributed by atoms with Crippen molar-refractivity contribution in [3.63, 3.8) is 0 Å². The number of carbonyl (C=O) groups is 3. The van der Waals surface area contributed by atoms with E-state index >= 15 is 0 Å². The van der Waals surface area contributed by atoms with Crippen LogP contribution in [0.5, 0.6) is 0 Å². The van der Waals surface area contributed by atoms with Gasteiger partial charge in [0.1, 0.15) is 6.29 Å². The summed E-state index contributed by atoms with van der Waals surface area (Å²) in [5.74, 6) is 0.00111. The number of amides is 3. The van der Waals surface area contributed by atoms with E-state index in [1.807, 2.05) is 45.0 Å². The van der Waals surface area contributed by atoms with Gasteiger partial charge in [-0.25, -0.2) is 4.79 Å². The zero-order valence-electron chi connectivity index (χ0n) is 14.5. The second-order valence-corrected chi connectivity index (χ2v) is 7.10. The van der Waals surface area contributed by atoms with E-state index in [0.29, 0.717) is 19.4 Å². The van der Waals surface area contributed by atoms with E-state index in [1.165, 1.54) is 0 Å². The van der Waals surface area contributed by atoms with Crippen LogP contribution in [0.15, 0.2) is 24.3 Å². The normalized spacial score (nSPS) is 15.5. The van der Waals surface area contributed by atoms with Gasteiger partial charge < -0.3 is 20.3 Å². The zero-order valence-corrected chi connectivity index (χ0v) is 14.5. The molecule has 2 N–H and O–H groups in total. The number of fused-ring (bicyclic) bond motifs is 1. The lowest BCUT2D eigenvalue weighted by molar-refractivity contribution is -0.107. The summed E-state index contributed by atoms with van der Waals surface area (Å²) in [5, 5.41) is 5.36. The number of hydrogen-bond donors (Lipinski definition) is 2. The van der Waals surface area contributed by atoms with E-state index in [9.17, 15) is 14.4 Å². The minimum atomic E-state index is -0.396. The molecule has 0 saturated carbocycles. The van der Waals surface area contributed by atoms with Crippen molar-refractivity contribution in [2.75, 3.05) is 19.6 Å². The molecule has 1 aliphatic heterocycles. The molecular formula is C18H25N3O3. The van der Waals surface area contributed by atoms with Crippen LogP contribution < -0.4 is 10.6 Å². The van der Waals surface area contributed by atoms with Crippen LogP contribution in [-0.2, 0) is 11.2 Å². The molecule has 6 heteroatoms. The molecular weight excluding hydrogens is 306 g/mol. The third-order valence-corrected chi connectivity index (χ3v) is 4.29. The van der Waals surface area contributed by atoms with Gasteiger partial charge in [-0.1, -0.05) is 39.0 Å². The van der Waals surface area contributed by atoms with Crippen LogP contribution in [0.25, 0.3) is 0 Å². The first kappa shape index (κ1) is 18.0. The molecule has 6 nitrogen and oxygen atoms in total. The van der Waals surface area contributed by atoms with Gasteiger partial charge in [0.2, 0.25) is 0 Å². The Bertz CT molecular complexity index is 622. The summed E-state index contributed by atoms with van der Waals surface area (Å²) in [6, 6.07) is 7.02. The molecule has 24 heavy (non-hydrogen) atoms. The molecule has 0 unspecified atom stereocenters. The fraction of sp³-hybridized carbons (Fsp3) is 0.500. The van der Waals surface area contributed by atoms with Crippen LogP contribution in [-0.4, -0.2) is 48.8 Å². The monoisotopic (exact) mass is 331 g/mol. The third kappa shape index (κ3) is 4.34. The fourth-order valence-electron chi connectivity index (χ4n) is 2.75. The van der Waals surface area contributed by atoms with Crippen molar-refractivity contribution in [3.05, 3.63) is 35.4 Å². The van der Waals surface area contributed by atoms with Crippen molar-refractivity contribution >= 4 is 18.2 Å². The molecule has 1 atom stereocenters. The maximum absolute atomic E-state index is 12.7. The third-order valence-electron chi connectivity index (χ3n) is 4.29. The van der Waals surface area contributed by atoms with Crippen molar-refractivity contribution < 1.29 is 14.4 Å². The topological polar surface area (TPSA) is 78.5 Å². The van der Waals surface area contributed by atoms with Crippen molar-refractivity contribution in [1.29, 1.82) is 0 Å². The second kappa shape index (κ2) is 7.47. The molecule has 2 rings (SSSR count). The van der Waals surface area contributed by atoms with Gasteiger partial charge in [0.15, 0.2) is 0 Å². The van der Waals surface area contributed by atoms with Crippen molar-refractivity contribution in [1.82, 2.24) is 15.5 Å². The Morgan fingerprint density at radius 3 is 2.71 bits per heavy atom. The average Bonchev–Trinajstić information content (AvgIpc) is 2.54. The van der Waals surface area contributed by atoms with E-state index < -0.39 is 6.03 Å². The smallest absolute Gasteiger partial charge is 0.315 e. The minimum Gasteiger partial charge on any atom is -0.336 e. The molecule has 1 aromatic carbocycles. The number of rotatable bonds is 5. The van der Waals surface area contributed by atoms with Crippen LogP contribution in [0.1, 0.15) is 36.7 Å². The van der Waals surface area contributed by atoms with Gasteiger partial charge in [0, 0.05) is 18.7 Å². The highest BCUT2D eigenvalue weighted by Gasteiger charge is 2.32. The first-order valence-corrected chi connectivity index (χ1v) is 8.18. The van der Waals surface area contributed by atoms with Crippen molar-refractivity contribution in [3.8, 4) is 0 Å². The summed E-state index contributed by atoms with van der Waals surface area (Å²) in [7, 11) is 0. The van der Waals surface area contributed by atoms with Gasteiger partial charge in [0.25, 0.3) is 5.91 Å². The summed E-state index contributed by atoms with van der Waals surface area (Å²) in [4.78, 5) is 36.7. The first-order valence-electron chi connectivity index (χ1n) is 8.18. The van der Waals surface area contributed by atoms with Crippen LogP contribution in [0.4, 0.5) is 4.79 Å². The predicted molar refractivity (Wildman–Crippen MR) is 91.9 cm³/mol. The summed E-state index contributed by atoms with van der Waals surface area (Å²) in [5.41, 5.74) is 1.58. The molecule has 0 spiro atoms. The molecule has 0 fully saturated rings. The molecule has 0 aromatic heterocycles. The molecule has 0 aliphatic carbocycles. The number of carbonyl (C=O) groups excluding carboxylic acids is 3. The first-order chi connectivity index (χ1) is 11.3. The Morgan fingerprint density at radius 2 is 2.04 bits per heavy atom. The van der Waals surface area contributed by atoms with Crippen molar-refractivity contribution in [2.24, 2.45) is 5.41 Å². The molecule has 0 saturated heterocycles.